The fourth-order valence-electron chi connectivity index (χ4n) is 15.1. The van der Waals surface area contributed by atoms with Crippen LogP contribution in [0.1, 0.15) is 0 Å². The molecular formula is C98H66Cl5N27OS+2. The van der Waals surface area contributed by atoms with Crippen molar-refractivity contribution in [3.8, 4) is 96.4 Å². The number of nitrogens with zero attached hydrogens (tertiary/aromatic N) is 22. The lowest BCUT2D eigenvalue weighted by atomic mass is 10.0. The van der Waals surface area contributed by atoms with Gasteiger partial charge in [0, 0.05) is 145 Å². The first kappa shape index (κ1) is 83.7. The highest BCUT2D eigenvalue weighted by atomic mass is 35.5. The van der Waals surface area contributed by atoms with E-state index < -0.39 is 0 Å². The van der Waals surface area contributed by atoms with E-state index in [1.165, 1.54) is 18.6 Å². The first-order chi connectivity index (χ1) is 64.4. The SMILES string of the molecule is Cn1ccc(-c2nc(N)cnc2-c2cc(Cl)c3ncccc3c2)c1.Nc1cnc(-c2cc(Cl)c3ncccc3c2)c(-[n+]2cc3ccccc3o2)n1.Nc1cnc(-c2cc(Cl)c3ncccc3c2)c(-[n+]2cc3ccccc3s2)n1.Nc1cnc(-c2cc(Cl)c3ncccc3c2)c(-c2cc3ccccn3n2)n1.Nc1cnc(-c2cc(Cl)c3ncccc3c2)c(-n2cc3ccccc3n2)n1. The van der Waals surface area contributed by atoms with Gasteiger partial charge in [0.05, 0.1) is 116 Å². The average molecular weight is 1850 g/mol. The van der Waals surface area contributed by atoms with E-state index in [1.54, 1.807) is 68.8 Å². The van der Waals surface area contributed by atoms with Crippen molar-refractivity contribution in [1.29, 1.82) is 0 Å². The van der Waals surface area contributed by atoms with Gasteiger partial charge in [0.25, 0.3) is 11.6 Å². The largest absolute Gasteiger partial charge is 0.390 e. The number of nitrogen functional groups attached to an aromatic ring is 5. The van der Waals surface area contributed by atoms with Crippen molar-refractivity contribution >= 4 is 191 Å². The molecule has 0 saturated heterocycles. The molecule has 638 valence electrons. The molecule has 16 heterocycles. The zero-order chi connectivity index (χ0) is 90.2. The van der Waals surface area contributed by atoms with Crippen LogP contribution in [0.4, 0.5) is 29.1 Å². The molecule has 0 aliphatic heterocycles. The fraction of sp³-hybridized carbons (Fsp3) is 0.0102. The molecule has 0 bridgehead atoms. The van der Waals surface area contributed by atoms with Crippen LogP contribution < -0.4 is 37.4 Å². The van der Waals surface area contributed by atoms with E-state index in [0.717, 1.165) is 137 Å². The van der Waals surface area contributed by atoms with Crippen molar-refractivity contribution in [1.82, 2.24) is 98.7 Å². The van der Waals surface area contributed by atoms with Gasteiger partial charge in [-0.05, 0) is 160 Å². The van der Waals surface area contributed by atoms with Crippen LogP contribution in [0, 0.1) is 0 Å². The van der Waals surface area contributed by atoms with Crippen LogP contribution in [-0.4, -0.2) is 98.7 Å². The van der Waals surface area contributed by atoms with E-state index >= 15 is 0 Å². The highest BCUT2D eigenvalue weighted by Gasteiger charge is 2.28. The van der Waals surface area contributed by atoms with Gasteiger partial charge in [-0.3, -0.25) is 39.4 Å². The Labute approximate surface area is 777 Å². The second-order valence-corrected chi connectivity index (χ2v) is 33.1. The molecule has 8 aromatic carbocycles. The number of halogens is 5. The van der Waals surface area contributed by atoms with E-state index in [-0.39, 0.29) is 0 Å². The van der Waals surface area contributed by atoms with Gasteiger partial charge in [-0.15, -0.1) is 3.96 Å². The lowest BCUT2D eigenvalue weighted by Gasteiger charge is -2.10. The van der Waals surface area contributed by atoms with Gasteiger partial charge >= 0.3 is 11.6 Å². The third kappa shape index (κ3) is 17.2. The Morgan fingerprint density at radius 3 is 1.27 bits per heavy atom. The monoisotopic (exact) mass is 1840 g/mol. The van der Waals surface area contributed by atoms with E-state index in [9.17, 15) is 0 Å². The molecule has 0 fully saturated rings. The summed E-state index contributed by atoms with van der Waals surface area (Å²) in [7, 11) is 1.96. The highest BCUT2D eigenvalue weighted by Crippen LogP contribution is 2.40. The number of hydrogen-bond donors (Lipinski definition) is 5. The molecule has 0 aliphatic rings. The van der Waals surface area contributed by atoms with Gasteiger partial charge < -0.3 is 33.2 Å². The molecule has 10 N–H and O–H groups in total. The van der Waals surface area contributed by atoms with Crippen LogP contribution in [0.3, 0.4) is 0 Å². The summed E-state index contributed by atoms with van der Waals surface area (Å²) in [5.74, 6) is 3.42. The molecule has 0 aliphatic carbocycles. The molecule has 34 heteroatoms. The highest BCUT2D eigenvalue weighted by molar-refractivity contribution is 7.09. The number of pyridine rings is 6. The van der Waals surface area contributed by atoms with Gasteiger partial charge in [0.15, 0.2) is 22.8 Å². The Balaban J connectivity index is 0.000000103. The van der Waals surface area contributed by atoms with Crippen LogP contribution >= 0.6 is 69.5 Å². The van der Waals surface area contributed by atoms with Crippen molar-refractivity contribution in [2.24, 2.45) is 7.05 Å². The van der Waals surface area contributed by atoms with Crippen LogP contribution in [0.25, 0.3) is 188 Å². The van der Waals surface area contributed by atoms with Gasteiger partial charge in [0.2, 0.25) is 0 Å². The molecule has 0 atom stereocenters. The van der Waals surface area contributed by atoms with Crippen molar-refractivity contribution < 1.29 is 13.2 Å². The van der Waals surface area contributed by atoms with Crippen molar-refractivity contribution in [3.05, 3.63) is 349 Å². The fourth-order valence-corrected chi connectivity index (χ4v) is 17.5. The quantitative estimate of drug-likeness (QED) is 0.0794. The number of rotatable bonds is 10. The number of aryl methyl sites for hydroxylation is 1. The number of nitrogens with two attached hydrogens (primary N) is 5. The molecule has 24 rings (SSSR count). The standard InChI is InChI=1S/2C20H13ClN6.C20H13ClN5O.C20H13ClN5S.C18H14ClN5/c21-15-9-13(8-12-4-3-6-23-18(12)15)19-20(25-17(22)11-24-19)16-10-14-5-1-2-7-27(14)26-16;21-15-9-14(8-12-5-3-7-23-18(12)15)19-20(25-17(22)10-24-19)27-11-13-4-1-2-6-16(13)26-27;2*21-15-9-14(8-12-5-3-7-23-18(12)15)19-20(25-17(22)10-24-19)26-11-13-4-1-2-6-16(13)27-26;1-24-6-4-12(10-24)18-17(22-9-15(20)23-18)13-7-11-3-2-5-21-16(11)14(19)8-13/h4*1-11H,(H2,22,25);2-10H,1H3,(H2,20,23)/q;;2*+1;. The summed E-state index contributed by atoms with van der Waals surface area (Å²) < 4.78 is 16.1. The van der Waals surface area contributed by atoms with Gasteiger partial charge in [0.1, 0.15) is 52.6 Å². The zero-order valence-electron chi connectivity index (χ0n) is 69.0. The predicted octanol–water partition coefficient (Wildman–Crippen LogP) is 20.8. The Bertz CT molecular complexity index is 7650. The zero-order valence-corrected chi connectivity index (χ0v) is 73.6. The Morgan fingerprint density at radius 2 is 0.758 bits per heavy atom. The summed E-state index contributed by atoms with van der Waals surface area (Å²) in [6.45, 7) is 0. The molecule has 0 amide bonds. The van der Waals surface area contributed by atoms with Gasteiger partial charge in [-0.25, -0.2) is 39.1 Å². The molecule has 132 heavy (non-hydrogen) atoms. The summed E-state index contributed by atoms with van der Waals surface area (Å²) in [5.41, 5.74) is 46.4. The number of anilines is 5. The van der Waals surface area contributed by atoms with Crippen LogP contribution in [0.15, 0.2) is 328 Å². The maximum absolute atomic E-state index is 6.47. The minimum atomic E-state index is 0.301. The van der Waals surface area contributed by atoms with E-state index in [4.69, 9.17) is 91.2 Å². The molecule has 0 saturated carbocycles. The average Bonchev–Trinajstić information content (AvgIpc) is 1.46. The van der Waals surface area contributed by atoms with Gasteiger partial charge in [-0.2, -0.15) is 10.2 Å². The van der Waals surface area contributed by atoms with Crippen molar-refractivity contribution in [3.63, 3.8) is 0 Å². The maximum Gasteiger partial charge on any atom is 0.390 e. The molecule has 0 spiro atoms. The van der Waals surface area contributed by atoms with E-state index in [0.29, 0.717) is 106 Å². The Hall–Kier alpha value is -16.5. The first-order valence-corrected chi connectivity index (χ1v) is 43.2. The third-order valence-electron chi connectivity index (χ3n) is 21.1. The summed E-state index contributed by atoms with van der Waals surface area (Å²) in [6, 6.07) is 72.0. The Kier molecular flexibility index (Phi) is 22.8. The molecule has 24 aromatic rings. The molecule has 16 aromatic heterocycles. The minimum absolute atomic E-state index is 0.301. The number of fused-ring (bicyclic) bond motifs is 9. The normalized spacial score (nSPS) is 11.3. The van der Waals surface area contributed by atoms with E-state index in [1.807, 2.05) is 265 Å². The van der Waals surface area contributed by atoms with Crippen LogP contribution in [0.2, 0.25) is 25.1 Å². The smallest absolute Gasteiger partial charge is 0.382 e. The maximum atomic E-state index is 6.47. The van der Waals surface area contributed by atoms with Crippen LogP contribution in [-0.2, 0) is 7.05 Å². The number of hydrogen-bond acceptors (Lipinski definition) is 24. The van der Waals surface area contributed by atoms with Crippen molar-refractivity contribution in [2.45, 2.75) is 0 Å². The van der Waals surface area contributed by atoms with E-state index in [2.05, 4.69) is 97.1 Å². The molecule has 0 unspecified atom stereocenters. The summed E-state index contributed by atoms with van der Waals surface area (Å²) in [5, 5.41) is 19.8. The summed E-state index contributed by atoms with van der Waals surface area (Å²) in [4.78, 5) is 66.8. The molecule has 0 radical (unpaired) electrons. The molecule has 28 nitrogen and oxygen atoms in total. The van der Waals surface area contributed by atoms with Crippen LogP contribution in [0.5, 0.6) is 0 Å². The lowest BCUT2D eigenvalue weighted by Crippen LogP contribution is -2.30. The second-order valence-electron chi connectivity index (χ2n) is 30.0. The van der Waals surface area contributed by atoms with Crippen molar-refractivity contribution in [2.75, 3.05) is 28.7 Å². The second kappa shape index (κ2) is 35.9. The molecular weight excluding hydrogens is 1780 g/mol. The number of benzene rings is 8. The predicted molar refractivity (Wildman–Crippen MR) is 522 cm³/mol. The lowest BCUT2D eigenvalue weighted by molar-refractivity contribution is -0.782. The van der Waals surface area contributed by atoms with Gasteiger partial charge in [-0.1, -0.05) is 137 Å². The number of para-hydroxylation sites is 1. The summed E-state index contributed by atoms with van der Waals surface area (Å²) >= 11 is 33.8. The summed E-state index contributed by atoms with van der Waals surface area (Å²) in [6.07, 6.45) is 28.0. The third-order valence-corrected chi connectivity index (χ3v) is 23.6. The first-order valence-electron chi connectivity index (χ1n) is 40.6. The number of aromatic nitrogens is 22. The Morgan fingerprint density at radius 1 is 0.333 bits per heavy atom. The topological polar surface area (TPSA) is 384 Å². The minimum Gasteiger partial charge on any atom is -0.382 e.